The molecule has 0 saturated carbocycles. The Morgan fingerprint density at radius 3 is 3.08 bits per heavy atom. The van der Waals surface area contributed by atoms with E-state index in [2.05, 4.69) is 24.2 Å². The van der Waals surface area contributed by atoms with Crippen LogP contribution < -0.4 is 0 Å². The molecule has 66 valence electrons. The summed E-state index contributed by atoms with van der Waals surface area (Å²) < 4.78 is 2.00. The lowest BCUT2D eigenvalue weighted by Gasteiger charge is -2.01. The minimum atomic E-state index is 0.747. The molecule has 0 saturated heterocycles. The highest BCUT2D eigenvalue weighted by molar-refractivity contribution is 7.99. The maximum Gasteiger partial charge on any atom is 0.167 e. The Balaban J connectivity index is 2.43. The van der Waals surface area contributed by atoms with E-state index in [4.69, 9.17) is 0 Å². The van der Waals surface area contributed by atoms with Crippen molar-refractivity contribution in [3.8, 4) is 0 Å². The van der Waals surface area contributed by atoms with Gasteiger partial charge in [-0.2, -0.15) is 12.6 Å². The van der Waals surface area contributed by atoms with E-state index in [1.165, 1.54) is 0 Å². The molecule has 0 atom stereocenters. The van der Waals surface area contributed by atoms with E-state index in [0.717, 1.165) is 22.2 Å². The van der Waals surface area contributed by atoms with Crippen LogP contribution in [0.3, 0.4) is 0 Å². The number of thioether (sulfide) groups is 1. The van der Waals surface area contributed by atoms with Crippen molar-refractivity contribution < 1.29 is 0 Å². The second kappa shape index (κ2) is 4.62. The van der Waals surface area contributed by atoms with E-state index in [9.17, 15) is 0 Å². The van der Waals surface area contributed by atoms with Gasteiger partial charge in [0.25, 0.3) is 0 Å². The number of hydrogen-bond donors (Lipinski definition) is 1. The standard InChI is InChI=1S/C8H12N2S2/c1-7(5-11)6-12-8-9-3-4-10(8)2/h3-4,11H,1,5-6H2,2H3. The number of aryl methyl sites for hydroxylation is 1. The topological polar surface area (TPSA) is 17.8 Å². The smallest absolute Gasteiger partial charge is 0.167 e. The van der Waals surface area contributed by atoms with Crippen molar-refractivity contribution in [1.29, 1.82) is 0 Å². The number of thiol groups is 1. The molecule has 1 heterocycles. The summed E-state index contributed by atoms with van der Waals surface area (Å²) in [6, 6.07) is 0. The van der Waals surface area contributed by atoms with Gasteiger partial charge >= 0.3 is 0 Å². The van der Waals surface area contributed by atoms with E-state index >= 15 is 0 Å². The molecule has 1 aromatic rings. The quantitative estimate of drug-likeness (QED) is 0.455. The average Bonchev–Trinajstić information content (AvgIpc) is 2.47. The van der Waals surface area contributed by atoms with Gasteiger partial charge in [0.15, 0.2) is 5.16 Å². The minimum Gasteiger partial charge on any atom is -0.329 e. The van der Waals surface area contributed by atoms with Gasteiger partial charge in [-0.15, -0.1) is 0 Å². The maximum atomic E-state index is 4.18. The molecule has 0 aliphatic rings. The molecule has 4 heteroatoms. The molecule has 0 amide bonds. The van der Waals surface area contributed by atoms with Crippen molar-refractivity contribution in [2.75, 3.05) is 11.5 Å². The normalized spacial score (nSPS) is 10.2. The summed E-state index contributed by atoms with van der Waals surface area (Å²) >= 11 is 5.82. The van der Waals surface area contributed by atoms with Crippen LogP contribution in [0.25, 0.3) is 0 Å². The third kappa shape index (κ3) is 2.60. The van der Waals surface area contributed by atoms with Crippen molar-refractivity contribution in [2.45, 2.75) is 5.16 Å². The average molecular weight is 200 g/mol. The van der Waals surface area contributed by atoms with Crippen LogP contribution >= 0.6 is 24.4 Å². The molecule has 0 spiro atoms. The monoisotopic (exact) mass is 200 g/mol. The third-order valence-corrected chi connectivity index (χ3v) is 3.06. The van der Waals surface area contributed by atoms with Crippen LogP contribution in [-0.4, -0.2) is 21.1 Å². The molecule has 0 unspecified atom stereocenters. The van der Waals surface area contributed by atoms with Gasteiger partial charge in [0, 0.05) is 30.9 Å². The Kier molecular flexibility index (Phi) is 3.75. The molecule has 0 N–H and O–H groups in total. The molecule has 0 fully saturated rings. The van der Waals surface area contributed by atoms with Crippen LogP contribution in [0.2, 0.25) is 0 Å². The van der Waals surface area contributed by atoms with E-state index in [1.54, 1.807) is 18.0 Å². The van der Waals surface area contributed by atoms with Crippen molar-refractivity contribution >= 4 is 24.4 Å². The molecule has 0 radical (unpaired) electrons. The van der Waals surface area contributed by atoms with Crippen LogP contribution in [0.5, 0.6) is 0 Å². The molecule has 0 aliphatic heterocycles. The number of imidazole rings is 1. The first kappa shape index (κ1) is 9.74. The molecule has 0 bridgehead atoms. The molecule has 1 rings (SSSR count). The summed E-state index contributed by atoms with van der Waals surface area (Å²) in [4.78, 5) is 4.18. The van der Waals surface area contributed by atoms with Gasteiger partial charge in [-0.3, -0.25) is 0 Å². The second-order valence-electron chi connectivity index (χ2n) is 2.52. The Labute approximate surface area is 82.5 Å². The highest BCUT2D eigenvalue weighted by Crippen LogP contribution is 2.17. The Hall–Kier alpha value is -0.350. The molecule has 0 aliphatic carbocycles. The fourth-order valence-electron chi connectivity index (χ4n) is 0.703. The Bertz CT molecular complexity index is 268. The zero-order valence-corrected chi connectivity index (χ0v) is 8.74. The highest BCUT2D eigenvalue weighted by atomic mass is 32.2. The molecular formula is C8H12N2S2. The van der Waals surface area contributed by atoms with Crippen LogP contribution in [0.15, 0.2) is 29.7 Å². The van der Waals surface area contributed by atoms with Crippen LogP contribution in [-0.2, 0) is 7.05 Å². The Morgan fingerprint density at radius 1 is 1.83 bits per heavy atom. The van der Waals surface area contributed by atoms with Crippen molar-refractivity contribution in [1.82, 2.24) is 9.55 Å². The first-order chi connectivity index (χ1) is 5.74. The predicted octanol–water partition coefficient (Wildman–Crippen LogP) is 2.00. The lowest BCUT2D eigenvalue weighted by atomic mass is 10.4. The zero-order valence-electron chi connectivity index (χ0n) is 7.03. The lowest BCUT2D eigenvalue weighted by molar-refractivity contribution is 0.790. The molecular weight excluding hydrogens is 188 g/mol. The molecule has 0 aromatic carbocycles. The van der Waals surface area contributed by atoms with Crippen molar-refractivity contribution in [3.63, 3.8) is 0 Å². The second-order valence-corrected chi connectivity index (χ2v) is 3.78. The maximum absolute atomic E-state index is 4.18. The van der Waals surface area contributed by atoms with Crippen molar-refractivity contribution in [2.24, 2.45) is 7.05 Å². The van der Waals surface area contributed by atoms with Gasteiger partial charge in [-0.25, -0.2) is 4.98 Å². The number of nitrogens with zero attached hydrogens (tertiary/aromatic N) is 2. The third-order valence-electron chi connectivity index (χ3n) is 1.41. The van der Waals surface area contributed by atoms with Gasteiger partial charge < -0.3 is 4.57 Å². The fraction of sp³-hybridized carbons (Fsp3) is 0.375. The first-order valence-corrected chi connectivity index (χ1v) is 5.23. The SMILES string of the molecule is C=C(CS)CSc1nccn1C. The zero-order chi connectivity index (χ0) is 8.97. The lowest BCUT2D eigenvalue weighted by Crippen LogP contribution is -1.92. The first-order valence-electron chi connectivity index (χ1n) is 3.61. The van der Waals surface area contributed by atoms with E-state index < -0.39 is 0 Å². The van der Waals surface area contributed by atoms with Gasteiger partial charge in [-0.05, 0) is 0 Å². The van der Waals surface area contributed by atoms with Crippen LogP contribution in [0.1, 0.15) is 0 Å². The summed E-state index contributed by atoms with van der Waals surface area (Å²) in [5.74, 6) is 1.64. The summed E-state index contributed by atoms with van der Waals surface area (Å²) in [5, 5.41) is 1.03. The Morgan fingerprint density at radius 2 is 2.58 bits per heavy atom. The van der Waals surface area contributed by atoms with Crippen molar-refractivity contribution in [3.05, 3.63) is 24.5 Å². The van der Waals surface area contributed by atoms with Crippen LogP contribution in [0.4, 0.5) is 0 Å². The van der Waals surface area contributed by atoms with E-state index in [1.807, 2.05) is 17.8 Å². The van der Waals surface area contributed by atoms with E-state index in [-0.39, 0.29) is 0 Å². The molecule has 1 aromatic heterocycles. The number of aromatic nitrogens is 2. The van der Waals surface area contributed by atoms with Gasteiger partial charge in [-0.1, -0.05) is 23.9 Å². The summed E-state index contributed by atoms with van der Waals surface area (Å²) in [6.45, 7) is 3.87. The number of rotatable bonds is 4. The minimum absolute atomic E-state index is 0.747. The summed E-state index contributed by atoms with van der Waals surface area (Å²) in [7, 11) is 1.98. The van der Waals surface area contributed by atoms with Gasteiger partial charge in [0.1, 0.15) is 0 Å². The van der Waals surface area contributed by atoms with Gasteiger partial charge in [0.05, 0.1) is 0 Å². The molecule has 12 heavy (non-hydrogen) atoms. The number of hydrogen-bond acceptors (Lipinski definition) is 3. The highest BCUT2D eigenvalue weighted by Gasteiger charge is 1.99. The van der Waals surface area contributed by atoms with Gasteiger partial charge in [0.2, 0.25) is 0 Å². The van der Waals surface area contributed by atoms with Crippen LogP contribution in [0, 0.1) is 0 Å². The molecule has 2 nitrogen and oxygen atoms in total. The predicted molar refractivity (Wildman–Crippen MR) is 56.9 cm³/mol. The fourth-order valence-corrected chi connectivity index (χ4v) is 1.80. The van der Waals surface area contributed by atoms with E-state index in [0.29, 0.717) is 0 Å². The largest absolute Gasteiger partial charge is 0.329 e. The summed E-state index contributed by atoms with van der Waals surface area (Å²) in [6.07, 6.45) is 3.73. The summed E-state index contributed by atoms with van der Waals surface area (Å²) in [5.41, 5.74) is 1.13.